The normalized spacial score (nSPS) is 17.9. The molecule has 72 heavy (non-hydrogen) atoms. The first-order chi connectivity index (χ1) is 34.1. The monoisotopic (exact) mass is 1000 g/mol. The molecule has 7 heteroatoms. The van der Waals surface area contributed by atoms with Crippen molar-refractivity contribution in [3.05, 3.63) is 77.3 Å². The van der Waals surface area contributed by atoms with Crippen LogP contribution in [0.15, 0.2) is 65.6 Å². The highest BCUT2D eigenvalue weighted by Gasteiger charge is 2.41. The van der Waals surface area contributed by atoms with Gasteiger partial charge in [-0.1, -0.05) is 174 Å². The van der Waals surface area contributed by atoms with Crippen LogP contribution >= 0.6 is 0 Å². The number of benzene rings is 1. The number of halogens is 1. The molecule has 0 amide bonds. The molecule has 3 unspecified atom stereocenters. The molecule has 1 aliphatic heterocycles. The van der Waals surface area contributed by atoms with Gasteiger partial charge in [-0.2, -0.15) is 0 Å². The Morgan fingerprint density at radius 1 is 0.903 bits per heavy atom. The molecule has 1 aromatic heterocycles. The molecule has 0 spiro atoms. The minimum absolute atomic E-state index is 0.0129. The average molecular weight is 1000 g/mol. The van der Waals surface area contributed by atoms with Crippen LogP contribution < -0.4 is 5.32 Å². The number of carbonyl (C=O) groups is 2. The lowest BCUT2D eigenvalue weighted by Crippen LogP contribution is -2.40. The number of hydrogen-bond donors (Lipinski definition) is 1. The molecule has 4 rings (SSSR count). The van der Waals surface area contributed by atoms with Crippen molar-refractivity contribution < 1.29 is 18.7 Å². The van der Waals surface area contributed by atoms with Crippen LogP contribution in [0.1, 0.15) is 237 Å². The van der Waals surface area contributed by atoms with E-state index in [0.717, 1.165) is 116 Å². The zero-order valence-corrected chi connectivity index (χ0v) is 50.0. The van der Waals surface area contributed by atoms with Crippen LogP contribution in [0.25, 0.3) is 11.3 Å². The number of ether oxygens (including phenoxy) is 1. The fourth-order valence-electron chi connectivity index (χ4n) is 9.55. The summed E-state index contributed by atoms with van der Waals surface area (Å²) >= 11 is 0. The number of nitrogens with zero attached hydrogens (tertiary/aromatic N) is 2. The number of aliphatic imine (C=N–C) groups is 1. The summed E-state index contributed by atoms with van der Waals surface area (Å²) in [6.45, 7) is 45.8. The quantitative estimate of drug-likeness (QED) is 0.0886. The van der Waals surface area contributed by atoms with Crippen molar-refractivity contribution in [1.82, 2.24) is 4.98 Å². The Hall–Kier alpha value is -3.71. The lowest BCUT2D eigenvalue weighted by atomic mass is 9.66. The van der Waals surface area contributed by atoms with Gasteiger partial charge in [0, 0.05) is 41.7 Å². The molecule has 1 aliphatic carbocycles. The van der Waals surface area contributed by atoms with E-state index in [1.165, 1.54) is 51.0 Å². The average Bonchev–Trinajstić information content (AvgIpc) is 3.35. The molecule has 2 aliphatic rings. The molecule has 0 radical (unpaired) electrons. The molecular weight excluding hydrogens is 890 g/mol. The minimum atomic E-state index is -0.486. The second kappa shape index (κ2) is 37.1. The molecule has 1 N–H and O–H groups in total. The Bertz CT molecular complexity index is 1920. The highest BCUT2D eigenvalue weighted by molar-refractivity contribution is 5.92. The minimum Gasteiger partial charge on any atom is -0.381 e. The van der Waals surface area contributed by atoms with E-state index < -0.39 is 11.2 Å². The molecule has 2 aromatic rings. The van der Waals surface area contributed by atoms with Gasteiger partial charge in [-0.25, -0.2) is 9.37 Å². The number of hydrogen-bond acceptors (Lipinski definition) is 6. The highest BCUT2D eigenvalue weighted by Crippen LogP contribution is 2.42. The number of nitrogens with one attached hydrogen (secondary N) is 1. The lowest BCUT2D eigenvalue weighted by Gasteiger charge is -2.36. The van der Waals surface area contributed by atoms with Crippen molar-refractivity contribution in [2.24, 2.45) is 45.9 Å². The molecule has 410 valence electrons. The van der Waals surface area contributed by atoms with Crippen LogP contribution in [0.2, 0.25) is 0 Å². The van der Waals surface area contributed by atoms with Crippen molar-refractivity contribution in [3.8, 4) is 11.3 Å². The smallest absolute Gasteiger partial charge is 0.146 e. The van der Waals surface area contributed by atoms with Gasteiger partial charge in [0.25, 0.3) is 0 Å². The second-order valence-corrected chi connectivity index (χ2v) is 22.5. The van der Waals surface area contributed by atoms with E-state index >= 15 is 0 Å². The van der Waals surface area contributed by atoms with Gasteiger partial charge < -0.3 is 10.1 Å². The molecule has 3 atom stereocenters. The van der Waals surface area contributed by atoms with Crippen LogP contribution in [-0.2, 0) is 19.7 Å². The molecule has 0 bridgehead atoms. The molecule has 1 saturated carbocycles. The summed E-state index contributed by atoms with van der Waals surface area (Å²) in [5, 5.41) is 3.16. The largest absolute Gasteiger partial charge is 0.381 e. The van der Waals surface area contributed by atoms with E-state index in [4.69, 9.17) is 9.72 Å². The Morgan fingerprint density at radius 2 is 1.50 bits per heavy atom. The van der Waals surface area contributed by atoms with Crippen LogP contribution in [0.5, 0.6) is 0 Å². The molecule has 2 fully saturated rings. The summed E-state index contributed by atoms with van der Waals surface area (Å²) in [4.78, 5) is 35.1. The summed E-state index contributed by atoms with van der Waals surface area (Å²) < 4.78 is 19.8. The summed E-state index contributed by atoms with van der Waals surface area (Å²) in [5.41, 5.74) is 5.84. The van der Waals surface area contributed by atoms with Gasteiger partial charge in [0.1, 0.15) is 23.2 Å². The van der Waals surface area contributed by atoms with E-state index in [9.17, 15) is 14.0 Å². The van der Waals surface area contributed by atoms with E-state index in [0.29, 0.717) is 29.4 Å². The number of pyridine rings is 1. The molecule has 6 nitrogen and oxygen atoms in total. The Morgan fingerprint density at radius 3 is 1.93 bits per heavy atom. The van der Waals surface area contributed by atoms with Crippen LogP contribution in [-0.4, -0.2) is 36.0 Å². The number of anilines is 1. The van der Waals surface area contributed by atoms with Gasteiger partial charge in [0.15, 0.2) is 0 Å². The lowest BCUT2D eigenvalue weighted by molar-refractivity contribution is -0.130. The Kier molecular flexibility index (Phi) is 35.2. The van der Waals surface area contributed by atoms with E-state index in [2.05, 4.69) is 139 Å². The third-order valence-corrected chi connectivity index (χ3v) is 14.3. The topological polar surface area (TPSA) is 80.7 Å². The van der Waals surface area contributed by atoms with Gasteiger partial charge in [-0.05, 0) is 144 Å². The van der Waals surface area contributed by atoms with Crippen molar-refractivity contribution in [1.29, 1.82) is 0 Å². The first-order valence-electron chi connectivity index (χ1n) is 28.8. The van der Waals surface area contributed by atoms with Crippen molar-refractivity contribution >= 4 is 29.3 Å². The maximum Gasteiger partial charge on any atom is 0.146 e. The van der Waals surface area contributed by atoms with Crippen molar-refractivity contribution in [3.63, 3.8) is 0 Å². The number of rotatable bonds is 23. The maximum atomic E-state index is 14.6. The first-order valence-corrected chi connectivity index (χ1v) is 28.8. The van der Waals surface area contributed by atoms with Gasteiger partial charge >= 0.3 is 0 Å². The van der Waals surface area contributed by atoms with Crippen LogP contribution in [0.4, 0.5) is 15.9 Å². The zero-order valence-electron chi connectivity index (χ0n) is 50.0. The van der Waals surface area contributed by atoms with Crippen molar-refractivity contribution in [2.45, 2.75) is 240 Å². The Labute approximate surface area is 443 Å². The molecule has 1 aromatic carbocycles. The number of allylic oxidation sites excluding steroid dienone is 4. The molecular formula is C65H110FN3O3. The van der Waals surface area contributed by atoms with E-state index in [1.54, 1.807) is 12.2 Å². The SMILES string of the molecule is C=C/C(F)=C(\C=C/C)Nc1nc(-c2ccc(C(CCC)(CCC)C(=O)C(C)CC)c(C)c2)cc(N=CCC)c1C.CC(C)C.CCC(C)C(=O)C1CCCOC1.CCCC(C)(C)CC.CCCC1CC(C)C1. The second-order valence-electron chi connectivity index (χ2n) is 22.5. The fourth-order valence-corrected chi connectivity index (χ4v) is 9.55. The van der Waals surface area contributed by atoms with E-state index in [1.807, 2.05) is 40.0 Å². The fraction of sp³-hybridized carbons (Fsp3) is 0.692. The zero-order chi connectivity index (χ0) is 55.0. The van der Waals surface area contributed by atoms with E-state index in [-0.39, 0.29) is 23.5 Å². The number of ketones is 2. The van der Waals surface area contributed by atoms with Gasteiger partial charge in [0.2, 0.25) is 0 Å². The maximum absolute atomic E-state index is 14.6. The number of aromatic nitrogens is 1. The summed E-state index contributed by atoms with van der Waals surface area (Å²) in [5.74, 6) is 4.23. The molecule has 1 saturated heterocycles. The number of carbonyl (C=O) groups excluding carboxylic acids is 2. The third kappa shape index (κ3) is 24.1. The first kappa shape index (κ1) is 68.3. The molecule has 2 heterocycles. The van der Waals surface area contributed by atoms with Gasteiger partial charge in [-0.15, -0.1) is 0 Å². The Balaban J connectivity index is 0.00000125. The van der Waals surface area contributed by atoms with Gasteiger partial charge in [0.05, 0.1) is 29.1 Å². The number of aryl methyl sites for hydroxylation is 1. The number of Topliss-reactive ketones (excluding diaryl/α,β-unsaturated/α-hetero) is 2. The summed E-state index contributed by atoms with van der Waals surface area (Å²) in [6, 6.07) is 8.29. The van der Waals surface area contributed by atoms with Gasteiger partial charge in [-0.3, -0.25) is 14.6 Å². The predicted molar refractivity (Wildman–Crippen MR) is 315 cm³/mol. The summed E-state index contributed by atoms with van der Waals surface area (Å²) in [7, 11) is 0. The predicted octanol–water partition coefficient (Wildman–Crippen LogP) is 20.0. The van der Waals surface area contributed by atoms with Crippen molar-refractivity contribution in [2.75, 3.05) is 18.5 Å². The standard InChI is InChI=1S/C35H48FN3O.C10H18O2.C8H16.C8H18.C4H10/c1-10-16-30(29(36)15-6)38-34-26(9)31(37-21-13-4)23-32(39-34)27-17-18-28(25(8)22-27)35(19-11-2,20-12-3)33(40)24(7)14-5;1-3-8(2)10(11)9-5-4-6-12-7-9;1-3-4-8-5-7(2)6-8;1-5-7-8(3,4)6-2;1-4(2)3/h10,15-18,21-24H,6,11-14,19-20H2,1-5,7-9H3,(H,38,39);8-9H,3-7H2,1-2H3;7-8H,3-6H2,1-2H3;5-7H2,1-4H3;4H,1-3H3/b16-10-,30-29-,37-21?;;;;. The van der Waals surface area contributed by atoms with Crippen LogP contribution in [0.3, 0.4) is 0 Å². The highest BCUT2D eigenvalue weighted by atomic mass is 19.1. The van der Waals surface area contributed by atoms with Crippen LogP contribution in [0, 0.1) is 54.8 Å². The third-order valence-electron chi connectivity index (χ3n) is 14.3. The summed E-state index contributed by atoms with van der Waals surface area (Å²) in [6.07, 6.45) is 24.6.